The zero-order valence-corrected chi connectivity index (χ0v) is 19.7. The lowest BCUT2D eigenvalue weighted by molar-refractivity contribution is 0.0627. The quantitative estimate of drug-likeness (QED) is 0.390. The zero-order valence-electron chi connectivity index (χ0n) is 18.8. The molecule has 172 valence electrons. The highest BCUT2D eigenvalue weighted by atomic mass is 32.1. The molecule has 2 aromatic heterocycles. The molecule has 0 saturated carbocycles. The molecule has 1 saturated heterocycles. The van der Waals surface area contributed by atoms with Gasteiger partial charge in [0.25, 0.3) is 5.91 Å². The summed E-state index contributed by atoms with van der Waals surface area (Å²) in [4.78, 5) is 26.1. The first-order valence-corrected chi connectivity index (χ1v) is 12.3. The number of benzene rings is 2. The Morgan fingerprint density at radius 3 is 2.47 bits per heavy atom. The van der Waals surface area contributed by atoms with Crippen molar-refractivity contribution in [1.29, 1.82) is 0 Å². The second-order valence-corrected chi connectivity index (χ2v) is 9.11. The van der Waals surface area contributed by atoms with Gasteiger partial charge in [0, 0.05) is 67.2 Å². The van der Waals surface area contributed by atoms with E-state index in [1.165, 1.54) is 0 Å². The maximum Gasteiger partial charge on any atom is 0.253 e. The van der Waals surface area contributed by atoms with Crippen molar-refractivity contribution in [2.24, 2.45) is 0 Å². The van der Waals surface area contributed by atoms with Crippen molar-refractivity contribution in [3.63, 3.8) is 0 Å². The Balaban J connectivity index is 1.11. The third-order valence-electron chi connectivity index (χ3n) is 5.85. The maximum atomic E-state index is 13.0. The largest absolute Gasteiger partial charge is 0.489 e. The Bertz CT molecular complexity index is 1200. The molecular weight excluding hydrogens is 444 g/mol. The van der Waals surface area contributed by atoms with Crippen molar-refractivity contribution in [2.45, 2.75) is 13.2 Å². The number of carbonyl (C=O) groups excluding carboxylic acids is 1. The van der Waals surface area contributed by atoms with Crippen LogP contribution in [-0.4, -0.2) is 51.9 Å². The lowest BCUT2D eigenvalue weighted by Crippen LogP contribution is -2.48. The molecule has 0 radical (unpaired) electrons. The number of hydrogen-bond donors (Lipinski definition) is 0. The predicted octanol–water partition coefficient (Wildman–Crippen LogP) is 4.74. The van der Waals surface area contributed by atoms with Crippen molar-refractivity contribution < 1.29 is 9.53 Å². The molecule has 3 heterocycles. The molecule has 2 aromatic carbocycles. The Kier molecular flexibility index (Phi) is 6.93. The predicted molar refractivity (Wildman–Crippen MR) is 134 cm³/mol. The molecule has 6 nitrogen and oxygen atoms in total. The minimum atomic E-state index is 0.0680. The SMILES string of the molecule is O=C(c1ccc(OCc2cccnc2)cc1)N1CCN(Cc2csc(-c3ccccc3)n2)CC1. The first-order chi connectivity index (χ1) is 16.7. The molecule has 1 amide bonds. The van der Waals surface area contributed by atoms with Crippen molar-refractivity contribution >= 4 is 17.2 Å². The summed E-state index contributed by atoms with van der Waals surface area (Å²) in [7, 11) is 0. The molecule has 1 aliphatic rings. The fourth-order valence-corrected chi connectivity index (χ4v) is 4.77. The topological polar surface area (TPSA) is 58.6 Å². The summed E-state index contributed by atoms with van der Waals surface area (Å²) in [6, 6.07) is 21.5. The summed E-state index contributed by atoms with van der Waals surface area (Å²) in [5.74, 6) is 0.807. The van der Waals surface area contributed by atoms with Gasteiger partial charge in [-0.1, -0.05) is 36.4 Å². The fraction of sp³-hybridized carbons (Fsp3) is 0.222. The average Bonchev–Trinajstić information content (AvgIpc) is 3.37. The van der Waals surface area contributed by atoms with Gasteiger partial charge in [-0.15, -0.1) is 11.3 Å². The van der Waals surface area contributed by atoms with Crippen LogP contribution in [0.1, 0.15) is 21.6 Å². The van der Waals surface area contributed by atoms with E-state index in [4.69, 9.17) is 9.72 Å². The molecule has 0 atom stereocenters. The Morgan fingerprint density at radius 2 is 1.74 bits per heavy atom. The van der Waals surface area contributed by atoms with Crippen molar-refractivity contribution in [3.8, 4) is 16.3 Å². The van der Waals surface area contributed by atoms with E-state index in [1.807, 2.05) is 59.5 Å². The lowest BCUT2D eigenvalue weighted by Gasteiger charge is -2.34. The fourth-order valence-electron chi connectivity index (χ4n) is 3.96. The van der Waals surface area contributed by atoms with Gasteiger partial charge in [-0.05, 0) is 30.3 Å². The second-order valence-electron chi connectivity index (χ2n) is 8.25. The summed E-state index contributed by atoms with van der Waals surface area (Å²) in [6.45, 7) is 4.39. The van der Waals surface area contributed by atoms with Crippen LogP contribution in [0.4, 0.5) is 0 Å². The summed E-state index contributed by atoms with van der Waals surface area (Å²) in [6.07, 6.45) is 3.53. The molecule has 0 unspecified atom stereocenters. The number of ether oxygens (including phenoxy) is 1. The van der Waals surface area contributed by atoms with Gasteiger partial charge in [0.2, 0.25) is 0 Å². The van der Waals surface area contributed by atoms with Gasteiger partial charge < -0.3 is 9.64 Å². The first-order valence-electron chi connectivity index (χ1n) is 11.4. The van der Waals surface area contributed by atoms with E-state index < -0.39 is 0 Å². The molecule has 0 N–H and O–H groups in total. The Hall–Kier alpha value is -3.55. The number of carbonyl (C=O) groups is 1. The van der Waals surface area contributed by atoms with Crippen LogP contribution < -0.4 is 4.74 Å². The highest BCUT2D eigenvalue weighted by molar-refractivity contribution is 7.13. The van der Waals surface area contributed by atoms with Crippen LogP contribution >= 0.6 is 11.3 Å². The molecular formula is C27H26N4O2S. The first kappa shape index (κ1) is 22.3. The van der Waals surface area contributed by atoms with Gasteiger partial charge >= 0.3 is 0 Å². The smallest absolute Gasteiger partial charge is 0.253 e. The maximum absolute atomic E-state index is 13.0. The monoisotopic (exact) mass is 470 g/mol. The Morgan fingerprint density at radius 1 is 0.941 bits per heavy atom. The molecule has 0 bridgehead atoms. The van der Waals surface area contributed by atoms with E-state index in [1.54, 1.807) is 23.7 Å². The average molecular weight is 471 g/mol. The van der Waals surface area contributed by atoms with E-state index >= 15 is 0 Å². The number of nitrogens with zero attached hydrogens (tertiary/aromatic N) is 4. The van der Waals surface area contributed by atoms with Crippen LogP contribution in [0.25, 0.3) is 10.6 Å². The number of amides is 1. The Labute approximate surface area is 203 Å². The molecule has 4 aromatic rings. The molecule has 34 heavy (non-hydrogen) atoms. The van der Waals surface area contributed by atoms with E-state index in [-0.39, 0.29) is 5.91 Å². The number of hydrogen-bond acceptors (Lipinski definition) is 6. The van der Waals surface area contributed by atoms with Gasteiger partial charge in [-0.2, -0.15) is 0 Å². The molecule has 1 fully saturated rings. The van der Waals surface area contributed by atoms with Crippen LogP contribution in [0.15, 0.2) is 84.5 Å². The van der Waals surface area contributed by atoms with Crippen molar-refractivity contribution in [3.05, 3.63) is 101 Å². The van der Waals surface area contributed by atoms with Gasteiger partial charge in [-0.25, -0.2) is 4.98 Å². The van der Waals surface area contributed by atoms with Crippen LogP contribution in [0, 0.1) is 0 Å². The number of thiazole rings is 1. The van der Waals surface area contributed by atoms with E-state index in [2.05, 4.69) is 27.4 Å². The third-order valence-corrected chi connectivity index (χ3v) is 6.79. The van der Waals surface area contributed by atoms with E-state index in [9.17, 15) is 4.79 Å². The van der Waals surface area contributed by atoms with Crippen molar-refractivity contribution in [1.82, 2.24) is 19.8 Å². The van der Waals surface area contributed by atoms with Crippen LogP contribution in [0.3, 0.4) is 0 Å². The van der Waals surface area contributed by atoms with Crippen LogP contribution in [-0.2, 0) is 13.2 Å². The lowest BCUT2D eigenvalue weighted by atomic mass is 10.1. The van der Waals surface area contributed by atoms with E-state index in [0.717, 1.165) is 47.2 Å². The minimum Gasteiger partial charge on any atom is -0.489 e. The summed E-state index contributed by atoms with van der Waals surface area (Å²) in [5, 5.41) is 3.19. The number of pyridine rings is 1. The zero-order chi connectivity index (χ0) is 23.2. The number of rotatable bonds is 7. The minimum absolute atomic E-state index is 0.0680. The molecule has 0 spiro atoms. The highest BCUT2D eigenvalue weighted by Crippen LogP contribution is 2.24. The third kappa shape index (κ3) is 5.50. The van der Waals surface area contributed by atoms with Crippen LogP contribution in [0.5, 0.6) is 5.75 Å². The van der Waals surface area contributed by atoms with Gasteiger partial charge in [-0.3, -0.25) is 14.7 Å². The number of piperazine rings is 1. The summed E-state index contributed by atoms with van der Waals surface area (Å²) >= 11 is 1.68. The van der Waals surface area contributed by atoms with Crippen LogP contribution in [0.2, 0.25) is 0 Å². The van der Waals surface area contributed by atoms with Gasteiger partial charge in [0.05, 0.1) is 5.69 Å². The highest BCUT2D eigenvalue weighted by Gasteiger charge is 2.22. The number of aromatic nitrogens is 2. The van der Waals surface area contributed by atoms with Gasteiger partial charge in [0.15, 0.2) is 0 Å². The normalized spacial score (nSPS) is 14.2. The second kappa shape index (κ2) is 10.6. The molecule has 0 aliphatic carbocycles. The molecule has 7 heteroatoms. The molecule has 1 aliphatic heterocycles. The molecule has 5 rings (SSSR count). The summed E-state index contributed by atoms with van der Waals surface area (Å²) in [5.41, 5.74) is 3.94. The van der Waals surface area contributed by atoms with Crippen molar-refractivity contribution in [2.75, 3.05) is 26.2 Å². The van der Waals surface area contributed by atoms with E-state index in [0.29, 0.717) is 25.3 Å². The summed E-state index contributed by atoms with van der Waals surface area (Å²) < 4.78 is 5.80. The van der Waals surface area contributed by atoms with Gasteiger partial charge in [0.1, 0.15) is 17.4 Å². The standard InChI is InChI=1S/C27H26N4O2S/c32-27(23-8-10-25(11-9-23)33-19-21-5-4-12-28-17-21)31-15-13-30(14-16-31)18-24-20-34-26(29-24)22-6-2-1-3-7-22/h1-12,17,20H,13-16,18-19H2.